The predicted octanol–water partition coefficient (Wildman–Crippen LogP) is 0.909. The van der Waals surface area contributed by atoms with E-state index in [9.17, 15) is 9.11 Å². The predicted molar refractivity (Wildman–Crippen MR) is 43.5 cm³/mol. The fourth-order valence-electron chi connectivity index (χ4n) is 0.174. The molecule has 3 nitrogen and oxygen atoms in total. The molecule has 0 aromatic carbocycles. The molecule has 0 aromatic rings. The molecule has 0 amide bonds. The van der Waals surface area contributed by atoms with Gasteiger partial charge < -0.3 is 14.0 Å². The molecule has 0 saturated heterocycles. The number of halogens is 1. The monoisotopic (exact) mass is 162 g/mol. The second kappa shape index (κ2) is 9.42. The zero-order chi connectivity index (χ0) is 9.28. The van der Waals surface area contributed by atoms with Gasteiger partial charge in [0.2, 0.25) is 0 Å². The smallest absolute Gasteiger partial charge is 0.472 e. The third-order valence-corrected chi connectivity index (χ3v) is 0.376. The van der Waals surface area contributed by atoms with Gasteiger partial charge in [-0.25, -0.2) is 0 Å². The molecule has 0 saturated carbocycles. The van der Waals surface area contributed by atoms with E-state index >= 15 is 0 Å². The molecule has 0 rings (SSSR count). The summed E-state index contributed by atoms with van der Waals surface area (Å²) < 4.78 is 15.1. The van der Waals surface area contributed by atoms with Gasteiger partial charge in [-0.1, -0.05) is 0 Å². The van der Waals surface area contributed by atoms with Crippen LogP contribution in [-0.4, -0.2) is 46.1 Å². The number of carbonyl (C=O) groups is 1. The molecule has 0 aromatic heterocycles. The van der Waals surface area contributed by atoms with E-state index in [2.05, 4.69) is 4.74 Å². The maximum atomic E-state index is 11.0. The second-order valence-corrected chi connectivity index (χ2v) is 2.20. The molecule has 0 bridgehead atoms. The number of carbonyl (C=O) groups excluding carboxylic acids is 1. The van der Waals surface area contributed by atoms with Crippen LogP contribution in [0.4, 0.5) is 9.11 Å². The number of nitrogens with zero attached hydrogens (tertiary/aromatic N) is 1. The third kappa shape index (κ3) is 26.5. The van der Waals surface area contributed by atoms with Gasteiger partial charge in [0, 0.05) is 0 Å². The molecule has 5 heteroatoms. The van der Waals surface area contributed by atoms with Crippen LogP contribution in [0.15, 0.2) is 0 Å². The lowest BCUT2D eigenvalue weighted by Crippen LogP contribution is -2.05. The number of hydrogen-bond acceptors (Lipinski definition) is 3. The molecule has 0 fully saturated rings. The van der Waals surface area contributed by atoms with Gasteiger partial charge in [0.05, 0.1) is 6.61 Å². The summed E-state index contributed by atoms with van der Waals surface area (Å²) in [5.41, 5.74) is 0. The highest BCUT2D eigenvalue weighted by Gasteiger charge is 2.00. The van der Waals surface area contributed by atoms with Gasteiger partial charge >= 0.3 is 7.56 Å². The van der Waals surface area contributed by atoms with E-state index in [4.69, 9.17) is 0 Å². The van der Waals surface area contributed by atoms with Crippen LogP contribution in [0.1, 0.15) is 6.92 Å². The summed E-state index contributed by atoms with van der Waals surface area (Å²) in [7, 11) is 5.89. The SMILES string of the molecule is CCOC(=O)[B]F.CN(C)C. The molecule has 1 radical (unpaired) electrons. The molecule has 0 aliphatic rings. The van der Waals surface area contributed by atoms with E-state index in [-0.39, 0.29) is 14.2 Å². The first-order chi connectivity index (χ1) is 5.04. The Kier molecular flexibility index (Phi) is 11.2. The minimum Gasteiger partial charge on any atom is -0.472 e. The third-order valence-electron chi connectivity index (χ3n) is 0.376. The maximum Gasteiger partial charge on any atom is 0.491 e. The van der Waals surface area contributed by atoms with Crippen molar-refractivity contribution in [3.05, 3.63) is 0 Å². The van der Waals surface area contributed by atoms with Gasteiger partial charge in [-0.2, -0.15) is 0 Å². The second-order valence-electron chi connectivity index (χ2n) is 2.20. The lowest BCUT2D eigenvalue weighted by atomic mass is 10.1. The van der Waals surface area contributed by atoms with Crippen molar-refractivity contribution in [3.8, 4) is 0 Å². The summed E-state index contributed by atoms with van der Waals surface area (Å²) in [6.07, 6.45) is 0. The van der Waals surface area contributed by atoms with Crippen LogP contribution in [0.5, 0.6) is 0 Å². The summed E-state index contributed by atoms with van der Waals surface area (Å²) >= 11 is 0. The van der Waals surface area contributed by atoms with E-state index in [1.807, 2.05) is 26.0 Å². The first-order valence-electron chi connectivity index (χ1n) is 3.25. The Hall–Kier alpha value is -0.575. The molecule has 0 aliphatic carbocycles. The zero-order valence-corrected chi connectivity index (χ0v) is 7.43. The van der Waals surface area contributed by atoms with Gasteiger partial charge in [-0.15, -0.1) is 0 Å². The first-order valence-corrected chi connectivity index (χ1v) is 3.25. The van der Waals surface area contributed by atoms with E-state index in [0.29, 0.717) is 0 Å². The molecule has 0 aliphatic heterocycles. The highest BCUT2D eigenvalue weighted by atomic mass is 19.1. The van der Waals surface area contributed by atoms with Crippen LogP contribution in [-0.2, 0) is 4.74 Å². The normalized spacial score (nSPS) is 8.18. The molecular formula is C6H14BFNO2. The molecule has 0 N–H and O–H groups in total. The Bertz CT molecular complexity index is 97.8. The van der Waals surface area contributed by atoms with Crippen molar-refractivity contribution in [3.63, 3.8) is 0 Å². The van der Waals surface area contributed by atoms with Crippen molar-refractivity contribution in [1.82, 2.24) is 4.90 Å². The van der Waals surface area contributed by atoms with Gasteiger partial charge in [0.15, 0.2) is 0 Å². The Morgan fingerprint density at radius 2 is 1.91 bits per heavy atom. The van der Waals surface area contributed by atoms with Gasteiger partial charge in [0.1, 0.15) is 0 Å². The first kappa shape index (κ1) is 13.0. The van der Waals surface area contributed by atoms with Crippen LogP contribution in [0, 0.1) is 0 Å². The average molecular weight is 162 g/mol. The fourth-order valence-corrected chi connectivity index (χ4v) is 0.174. The van der Waals surface area contributed by atoms with E-state index < -0.39 is 5.87 Å². The van der Waals surface area contributed by atoms with Crippen molar-refractivity contribution >= 4 is 13.4 Å². The van der Waals surface area contributed by atoms with Crippen molar-refractivity contribution in [2.75, 3.05) is 27.7 Å². The fraction of sp³-hybridized carbons (Fsp3) is 0.833. The largest absolute Gasteiger partial charge is 0.491 e. The van der Waals surface area contributed by atoms with E-state index in [1.54, 1.807) is 6.92 Å². The summed E-state index contributed by atoms with van der Waals surface area (Å²) in [5, 5.41) is 0. The summed E-state index contributed by atoms with van der Waals surface area (Å²) in [5.74, 6) is -0.914. The van der Waals surface area contributed by atoms with E-state index in [1.165, 1.54) is 0 Å². The van der Waals surface area contributed by atoms with Gasteiger partial charge in [-0.05, 0) is 28.1 Å². The summed E-state index contributed by atoms with van der Waals surface area (Å²) in [4.78, 5) is 11.8. The number of ether oxygens (including phenoxy) is 1. The Labute approximate surface area is 67.8 Å². The minimum absolute atomic E-state index is 0.108. The van der Waals surface area contributed by atoms with Crippen LogP contribution in [0.3, 0.4) is 0 Å². The molecule has 0 atom stereocenters. The van der Waals surface area contributed by atoms with Gasteiger partial charge in [0.25, 0.3) is 5.87 Å². The van der Waals surface area contributed by atoms with Crippen molar-refractivity contribution < 1.29 is 13.8 Å². The molecular weight excluding hydrogens is 148 g/mol. The van der Waals surface area contributed by atoms with Crippen LogP contribution < -0.4 is 0 Å². The Morgan fingerprint density at radius 3 is 2.00 bits per heavy atom. The Balaban J connectivity index is 0. The molecule has 11 heavy (non-hydrogen) atoms. The zero-order valence-electron chi connectivity index (χ0n) is 7.43. The standard InChI is InChI=1S/C3H5BFO2.C3H9N/c1-2-7-3(6)4-5;1-4(2)3/h2H2,1H3;1-3H3. The summed E-state index contributed by atoms with van der Waals surface area (Å²) in [6.45, 7) is 1.83. The van der Waals surface area contributed by atoms with Crippen LogP contribution >= 0.6 is 0 Å². The molecule has 65 valence electrons. The average Bonchev–Trinajstić information content (AvgIpc) is 1.87. The summed E-state index contributed by atoms with van der Waals surface area (Å²) in [6, 6.07) is 0. The van der Waals surface area contributed by atoms with E-state index in [0.717, 1.165) is 0 Å². The van der Waals surface area contributed by atoms with Crippen molar-refractivity contribution in [2.24, 2.45) is 0 Å². The Morgan fingerprint density at radius 1 is 1.55 bits per heavy atom. The maximum absolute atomic E-state index is 11.0. The van der Waals surface area contributed by atoms with Crippen LogP contribution in [0.2, 0.25) is 0 Å². The lowest BCUT2D eigenvalue weighted by Gasteiger charge is -1.91. The molecule has 0 heterocycles. The highest BCUT2D eigenvalue weighted by molar-refractivity contribution is 6.66. The topological polar surface area (TPSA) is 29.5 Å². The molecule has 0 spiro atoms. The quantitative estimate of drug-likeness (QED) is 0.565. The van der Waals surface area contributed by atoms with Gasteiger partial charge in [-0.3, -0.25) is 4.79 Å². The number of rotatable bonds is 2. The van der Waals surface area contributed by atoms with Crippen molar-refractivity contribution in [2.45, 2.75) is 6.92 Å². The lowest BCUT2D eigenvalue weighted by molar-refractivity contribution is 0.177. The van der Waals surface area contributed by atoms with Crippen molar-refractivity contribution in [1.29, 1.82) is 0 Å². The molecule has 0 unspecified atom stereocenters. The number of hydrogen-bond donors (Lipinski definition) is 0. The minimum atomic E-state index is -0.914. The highest BCUT2D eigenvalue weighted by Crippen LogP contribution is 1.76. The van der Waals surface area contributed by atoms with Crippen LogP contribution in [0.25, 0.3) is 0 Å².